The quantitative estimate of drug-likeness (QED) is 0.826. The van der Waals surface area contributed by atoms with Crippen LogP contribution in [0.5, 0.6) is 5.75 Å². The SMILES string of the molecule is CCNc1ccc(OC(C)C)cc1Cl. The monoisotopic (exact) mass is 213 g/mol. The largest absolute Gasteiger partial charge is 0.491 e. The van der Waals surface area contributed by atoms with Crippen molar-refractivity contribution in [3.63, 3.8) is 0 Å². The molecule has 0 spiro atoms. The minimum Gasteiger partial charge on any atom is -0.491 e. The summed E-state index contributed by atoms with van der Waals surface area (Å²) in [5, 5.41) is 3.87. The summed E-state index contributed by atoms with van der Waals surface area (Å²) < 4.78 is 5.52. The van der Waals surface area contributed by atoms with E-state index in [9.17, 15) is 0 Å². The zero-order valence-electron chi connectivity index (χ0n) is 8.80. The molecule has 14 heavy (non-hydrogen) atoms. The summed E-state index contributed by atoms with van der Waals surface area (Å²) in [5.41, 5.74) is 0.949. The summed E-state index contributed by atoms with van der Waals surface area (Å²) in [4.78, 5) is 0. The Morgan fingerprint density at radius 2 is 2.14 bits per heavy atom. The highest BCUT2D eigenvalue weighted by Crippen LogP contribution is 2.27. The molecule has 0 aliphatic carbocycles. The van der Waals surface area contributed by atoms with E-state index in [1.807, 2.05) is 39.0 Å². The molecule has 1 N–H and O–H groups in total. The summed E-state index contributed by atoms with van der Waals surface area (Å²) in [6, 6.07) is 5.69. The van der Waals surface area contributed by atoms with Gasteiger partial charge in [-0.2, -0.15) is 0 Å². The van der Waals surface area contributed by atoms with Gasteiger partial charge in [0.15, 0.2) is 0 Å². The van der Waals surface area contributed by atoms with Gasteiger partial charge in [0.1, 0.15) is 5.75 Å². The molecule has 2 nitrogen and oxygen atoms in total. The summed E-state index contributed by atoms with van der Waals surface area (Å²) >= 11 is 6.05. The lowest BCUT2D eigenvalue weighted by molar-refractivity contribution is 0.242. The van der Waals surface area contributed by atoms with Gasteiger partial charge in [-0.1, -0.05) is 11.6 Å². The molecule has 3 heteroatoms. The molecule has 1 aromatic rings. The van der Waals surface area contributed by atoms with Crippen LogP contribution in [0.1, 0.15) is 20.8 Å². The van der Waals surface area contributed by atoms with Crippen LogP contribution >= 0.6 is 11.6 Å². The first-order chi connectivity index (χ1) is 6.63. The van der Waals surface area contributed by atoms with Crippen molar-refractivity contribution in [3.05, 3.63) is 23.2 Å². The van der Waals surface area contributed by atoms with E-state index in [0.717, 1.165) is 18.0 Å². The van der Waals surface area contributed by atoms with Crippen LogP contribution in [0.2, 0.25) is 5.02 Å². The number of hydrogen-bond acceptors (Lipinski definition) is 2. The molecule has 0 aliphatic rings. The lowest BCUT2D eigenvalue weighted by Gasteiger charge is -2.12. The Morgan fingerprint density at radius 1 is 1.43 bits per heavy atom. The van der Waals surface area contributed by atoms with Crippen molar-refractivity contribution >= 4 is 17.3 Å². The molecule has 0 aromatic heterocycles. The van der Waals surface area contributed by atoms with Crippen molar-refractivity contribution in [2.45, 2.75) is 26.9 Å². The Bertz CT molecular complexity index is 299. The van der Waals surface area contributed by atoms with Crippen LogP contribution in [0.4, 0.5) is 5.69 Å². The minimum absolute atomic E-state index is 0.177. The number of hydrogen-bond donors (Lipinski definition) is 1. The van der Waals surface area contributed by atoms with E-state index in [1.54, 1.807) is 0 Å². The standard InChI is InChI=1S/C11H16ClNO/c1-4-13-11-6-5-9(7-10(11)12)14-8(2)3/h5-8,13H,4H2,1-3H3. The number of halogens is 1. The molecule has 0 amide bonds. The number of nitrogens with one attached hydrogen (secondary N) is 1. The van der Waals surface area contributed by atoms with E-state index < -0.39 is 0 Å². The molecule has 1 aromatic carbocycles. The molecular weight excluding hydrogens is 198 g/mol. The Balaban J connectivity index is 2.78. The molecule has 0 unspecified atom stereocenters. The molecule has 0 heterocycles. The third kappa shape index (κ3) is 3.11. The topological polar surface area (TPSA) is 21.3 Å². The number of ether oxygens (including phenoxy) is 1. The first-order valence-electron chi connectivity index (χ1n) is 4.83. The zero-order valence-corrected chi connectivity index (χ0v) is 9.56. The molecule has 0 saturated heterocycles. The van der Waals surface area contributed by atoms with Crippen LogP contribution in [0.15, 0.2) is 18.2 Å². The second kappa shape index (κ2) is 5.11. The van der Waals surface area contributed by atoms with Crippen LogP contribution in [0.3, 0.4) is 0 Å². The van der Waals surface area contributed by atoms with Crippen molar-refractivity contribution in [2.24, 2.45) is 0 Å². The van der Waals surface area contributed by atoms with E-state index >= 15 is 0 Å². The van der Waals surface area contributed by atoms with Gasteiger partial charge in [0.2, 0.25) is 0 Å². The Morgan fingerprint density at radius 3 is 2.64 bits per heavy atom. The molecule has 0 saturated carbocycles. The van der Waals surface area contributed by atoms with Gasteiger partial charge in [-0.15, -0.1) is 0 Å². The fourth-order valence-electron chi connectivity index (χ4n) is 1.18. The van der Waals surface area contributed by atoms with Crippen molar-refractivity contribution < 1.29 is 4.74 Å². The van der Waals surface area contributed by atoms with Gasteiger partial charge in [0.25, 0.3) is 0 Å². The van der Waals surface area contributed by atoms with Crippen LogP contribution < -0.4 is 10.1 Å². The molecule has 0 atom stereocenters. The Kier molecular flexibility index (Phi) is 4.08. The second-order valence-electron chi connectivity index (χ2n) is 3.34. The Hall–Kier alpha value is -0.890. The maximum absolute atomic E-state index is 6.05. The molecule has 0 radical (unpaired) electrons. The first-order valence-corrected chi connectivity index (χ1v) is 5.21. The predicted octanol–water partition coefficient (Wildman–Crippen LogP) is 3.56. The molecule has 78 valence electrons. The van der Waals surface area contributed by atoms with Crippen molar-refractivity contribution in [2.75, 3.05) is 11.9 Å². The van der Waals surface area contributed by atoms with Crippen molar-refractivity contribution in [1.82, 2.24) is 0 Å². The van der Waals surface area contributed by atoms with Crippen molar-refractivity contribution in [1.29, 1.82) is 0 Å². The van der Waals surface area contributed by atoms with Gasteiger partial charge in [-0.3, -0.25) is 0 Å². The third-order valence-electron chi connectivity index (χ3n) is 1.68. The van der Waals surface area contributed by atoms with E-state index in [2.05, 4.69) is 5.32 Å². The van der Waals surface area contributed by atoms with Crippen molar-refractivity contribution in [3.8, 4) is 5.75 Å². The maximum atomic E-state index is 6.05. The predicted molar refractivity (Wildman–Crippen MR) is 61.4 cm³/mol. The van der Waals surface area contributed by atoms with Gasteiger partial charge in [0, 0.05) is 12.6 Å². The fourth-order valence-corrected chi connectivity index (χ4v) is 1.41. The number of rotatable bonds is 4. The van der Waals surface area contributed by atoms with Gasteiger partial charge in [-0.25, -0.2) is 0 Å². The van der Waals surface area contributed by atoms with Gasteiger partial charge >= 0.3 is 0 Å². The summed E-state index contributed by atoms with van der Waals surface area (Å²) in [6.07, 6.45) is 0.177. The van der Waals surface area contributed by atoms with Crippen LogP contribution in [-0.4, -0.2) is 12.6 Å². The van der Waals surface area contributed by atoms with E-state index in [1.165, 1.54) is 0 Å². The lowest BCUT2D eigenvalue weighted by Crippen LogP contribution is -2.05. The van der Waals surface area contributed by atoms with E-state index in [0.29, 0.717) is 5.02 Å². The highest BCUT2D eigenvalue weighted by Gasteiger charge is 2.02. The zero-order chi connectivity index (χ0) is 10.6. The van der Waals surface area contributed by atoms with E-state index in [4.69, 9.17) is 16.3 Å². The van der Waals surface area contributed by atoms with Gasteiger partial charge in [0.05, 0.1) is 16.8 Å². The third-order valence-corrected chi connectivity index (χ3v) is 1.99. The molecule has 0 fully saturated rings. The van der Waals surface area contributed by atoms with Gasteiger partial charge < -0.3 is 10.1 Å². The highest BCUT2D eigenvalue weighted by molar-refractivity contribution is 6.33. The molecular formula is C11H16ClNO. The summed E-state index contributed by atoms with van der Waals surface area (Å²) in [5.74, 6) is 0.812. The smallest absolute Gasteiger partial charge is 0.121 e. The Labute approximate surface area is 90.2 Å². The molecule has 1 rings (SSSR count). The normalized spacial score (nSPS) is 10.4. The average Bonchev–Trinajstić information content (AvgIpc) is 2.09. The van der Waals surface area contributed by atoms with Crippen LogP contribution in [0, 0.1) is 0 Å². The molecule has 0 bridgehead atoms. The number of benzene rings is 1. The first kappa shape index (κ1) is 11.2. The van der Waals surface area contributed by atoms with Crippen LogP contribution in [0.25, 0.3) is 0 Å². The lowest BCUT2D eigenvalue weighted by atomic mass is 10.3. The summed E-state index contributed by atoms with van der Waals surface area (Å²) in [6.45, 7) is 6.89. The van der Waals surface area contributed by atoms with Crippen LogP contribution in [-0.2, 0) is 0 Å². The second-order valence-corrected chi connectivity index (χ2v) is 3.75. The summed E-state index contributed by atoms with van der Waals surface area (Å²) in [7, 11) is 0. The minimum atomic E-state index is 0.177. The van der Waals surface area contributed by atoms with Gasteiger partial charge in [-0.05, 0) is 32.9 Å². The maximum Gasteiger partial charge on any atom is 0.121 e. The van der Waals surface area contributed by atoms with E-state index in [-0.39, 0.29) is 6.10 Å². The number of anilines is 1. The highest BCUT2D eigenvalue weighted by atomic mass is 35.5. The molecule has 0 aliphatic heterocycles. The fraction of sp³-hybridized carbons (Fsp3) is 0.455. The average molecular weight is 214 g/mol.